The minimum absolute atomic E-state index is 0.257. The van der Waals surface area contributed by atoms with Gasteiger partial charge in [-0.15, -0.1) is 0 Å². The summed E-state index contributed by atoms with van der Waals surface area (Å²) < 4.78 is 6.20. The number of halogens is 1. The number of carbonyl (C=O) groups is 1. The molecule has 1 fully saturated rings. The molecule has 2 aliphatic rings. The summed E-state index contributed by atoms with van der Waals surface area (Å²) in [5.74, 6) is 0.264. The molecule has 30 heavy (non-hydrogen) atoms. The van der Waals surface area contributed by atoms with Gasteiger partial charge in [-0.05, 0) is 49.6 Å². The zero-order valence-corrected chi connectivity index (χ0v) is 19.2. The topological polar surface area (TPSA) is 45.7 Å². The summed E-state index contributed by atoms with van der Waals surface area (Å²) in [6, 6.07) is 9.79. The van der Waals surface area contributed by atoms with E-state index in [1.807, 2.05) is 43.5 Å². The van der Waals surface area contributed by atoms with Gasteiger partial charge in [-0.1, -0.05) is 34.5 Å². The van der Waals surface area contributed by atoms with Crippen molar-refractivity contribution < 1.29 is 9.53 Å². The average molecular weight is 470 g/mol. The van der Waals surface area contributed by atoms with Gasteiger partial charge in [-0.2, -0.15) is 0 Å². The SMILES string of the molecule is CCOC(=O)c1ccc(N2CCN(CC3=Cc4c(Br)ccnc4CC3C)CC2)cc1. The fourth-order valence-corrected chi connectivity index (χ4v) is 4.66. The molecule has 1 saturated heterocycles. The number of aromatic nitrogens is 1. The number of nitrogens with zero attached hydrogens (tertiary/aromatic N) is 3. The standard InChI is InChI=1S/C24H28BrN3O2/c1-3-30-24(29)18-4-6-20(7-5-18)28-12-10-27(11-13-28)16-19-15-21-22(25)8-9-26-23(21)14-17(19)2/h4-9,15,17H,3,10-14,16H2,1-2H3. The van der Waals surface area contributed by atoms with Crippen LogP contribution in [0.15, 0.2) is 46.6 Å². The second-order valence-electron chi connectivity index (χ2n) is 8.01. The van der Waals surface area contributed by atoms with Gasteiger partial charge in [0.15, 0.2) is 0 Å². The highest BCUT2D eigenvalue weighted by Gasteiger charge is 2.24. The number of rotatable bonds is 5. The number of pyridine rings is 1. The molecule has 1 aliphatic carbocycles. The van der Waals surface area contributed by atoms with Crippen molar-refractivity contribution in [1.82, 2.24) is 9.88 Å². The van der Waals surface area contributed by atoms with E-state index in [9.17, 15) is 4.79 Å². The van der Waals surface area contributed by atoms with Crippen molar-refractivity contribution in [3.63, 3.8) is 0 Å². The Hall–Kier alpha value is -2.18. The fraction of sp³-hybridized carbons (Fsp3) is 0.417. The Morgan fingerprint density at radius 2 is 1.90 bits per heavy atom. The van der Waals surface area contributed by atoms with E-state index >= 15 is 0 Å². The number of carbonyl (C=O) groups excluding carboxylic acids is 1. The first-order valence-electron chi connectivity index (χ1n) is 10.6. The summed E-state index contributed by atoms with van der Waals surface area (Å²) in [6.45, 7) is 9.58. The molecule has 2 aromatic rings. The molecule has 0 spiro atoms. The summed E-state index contributed by atoms with van der Waals surface area (Å²) in [6.07, 6.45) is 5.22. The van der Waals surface area contributed by atoms with E-state index in [4.69, 9.17) is 4.74 Å². The van der Waals surface area contributed by atoms with Crippen LogP contribution in [0.1, 0.15) is 35.5 Å². The van der Waals surface area contributed by atoms with Crippen molar-refractivity contribution in [2.75, 3.05) is 44.2 Å². The number of piperazine rings is 1. The van der Waals surface area contributed by atoms with Crippen molar-refractivity contribution in [2.24, 2.45) is 5.92 Å². The molecule has 0 bridgehead atoms. The molecular weight excluding hydrogens is 442 g/mol. The number of anilines is 1. The lowest BCUT2D eigenvalue weighted by Gasteiger charge is -2.37. The van der Waals surface area contributed by atoms with Crippen molar-refractivity contribution in [2.45, 2.75) is 20.3 Å². The van der Waals surface area contributed by atoms with Gasteiger partial charge >= 0.3 is 5.97 Å². The van der Waals surface area contributed by atoms with E-state index in [-0.39, 0.29) is 5.97 Å². The van der Waals surface area contributed by atoms with Gasteiger partial charge in [-0.3, -0.25) is 9.88 Å². The molecule has 1 aromatic carbocycles. The van der Waals surface area contributed by atoms with Crippen LogP contribution in [-0.2, 0) is 11.2 Å². The second-order valence-corrected chi connectivity index (χ2v) is 8.86. The Bertz CT molecular complexity index is 934. The highest BCUT2D eigenvalue weighted by atomic mass is 79.9. The summed E-state index contributed by atoms with van der Waals surface area (Å²) >= 11 is 3.68. The quantitative estimate of drug-likeness (QED) is 0.606. The smallest absolute Gasteiger partial charge is 0.338 e. The van der Waals surface area contributed by atoms with Crippen LogP contribution in [0.2, 0.25) is 0 Å². The van der Waals surface area contributed by atoms with Crippen molar-refractivity contribution in [3.8, 4) is 0 Å². The Labute approximate surface area is 186 Å². The van der Waals surface area contributed by atoms with Gasteiger partial charge in [0.05, 0.1) is 12.2 Å². The van der Waals surface area contributed by atoms with Crippen LogP contribution in [0.25, 0.3) is 6.08 Å². The lowest BCUT2D eigenvalue weighted by Crippen LogP contribution is -2.47. The number of hydrogen-bond acceptors (Lipinski definition) is 5. The summed E-state index contributed by atoms with van der Waals surface area (Å²) in [5, 5.41) is 0. The second kappa shape index (κ2) is 9.31. The lowest BCUT2D eigenvalue weighted by atomic mass is 9.87. The molecule has 1 unspecified atom stereocenters. The van der Waals surface area contributed by atoms with E-state index in [1.54, 1.807) is 0 Å². The third-order valence-electron chi connectivity index (χ3n) is 6.00. The summed E-state index contributed by atoms with van der Waals surface area (Å²) in [7, 11) is 0. The number of ether oxygens (including phenoxy) is 1. The monoisotopic (exact) mass is 469 g/mol. The first-order chi connectivity index (χ1) is 14.5. The molecule has 4 rings (SSSR count). The van der Waals surface area contributed by atoms with Gasteiger partial charge in [0.2, 0.25) is 0 Å². The van der Waals surface area contributed by atoms with Crippen LogP contribution in [-0.4, -0.2) is 55.2 Å². The Morgan fingerprint density at radius 1 is 1.17 bits per heavy atom. The van der Waals surface area contributed by atoms with E-state index in [0.717, 1.165) is 49.3 Å². The minimum Gasteiger partial charge on any atom is -0.462 e. The average Bonchev–Trinajstić information content (AvgIpc) is 2.76. The third-order valence-corrected chi connectivity index (χ3v) is 6.70. The van der Waals surface area contributed by atoms with Crippen LogP contribution >= 0.6 is 15.9 Å². The minimum atomic E-state index is -0.257. The van der Waals surface area contributed by atoms with Crippen molar-refractivity contribution >= 4 is 33.7 Å². The van der Waals surface area contributed by atoms with Gasteiger partial charge in [0, 0.05) is 60.3 Å². The molecule has 0 radical (unpaired) electrons. The van der Waals surface area contributed by atoms with E-state index < -0.39 is 0 Å². The molecular formula is C24H28BrN3O2. The van der Waals surface area contributed by atoms with Crippen LogP contribution in [0.4, 0.5) is 5.69 Å². The highest BCUT2D eigenvalue weighted by Crippen LogP contribution is 2.32. The van der Waals surface area contributed by atoms with Crippen molar-refractivity contribution in [3.05, 3.63) is 63.4 Å². The normalized spacial score (nSPS) is 19.2. The molecule has 2 heterocycles. The van der Waals surface area contributed by atoms with Crippen LogP contribution in [0, 0.1) is 5.92 Å². The number of esters is 1. The summed E-state index contributed by atoms with van der Waals surface area (Å²) in [5.41, 5.74) is 5.70. The molecule has 0 amide bonds. The van der Waals surface area contributed by atoms with Gasteiger partial charge < -0.3 is 9.64 Å². The Morgan fingerprint density at radius 3 is 2.60 bits per heavy atom. The summed E-state index contributed by atoms with van der Waals surface area (Å²) in [4.78, 5) is 21.3. The molecule has 6 heteroatoms. The first kappa shape index (κ1) is 21.1. The molecule has 1 aromatic heterocycles. The molecule has 1 atom stereocenters. The van der Waals surface area contributed by atoms with E-state index in [1.165, 1.54) is 16.8 Å². The zero-order chi connectivity index (χ0) is 21.1. The molecule has 158 valence electrons. The van der Waals surface area contributed by atoms with E-state index in [2.05, 4.69) is 43.7 Å². The van der Waals surface area contributed by atoms with Crippen LogP contribution < -0.4 is 4.90 Å². The van der Waals surface area contributed by atoms with Crippen LogP contribution in [0.5, 0.6) is 0 Å². The van der Waals surface area contributed by atoms with E-state index in [0.29, 0.717) is 18.1 Å². The lowest BCUT2D eigenvalue weighted by molar-refractivity contribution is 0.0526. The maximum Gasteiger partial charge on any atom is 0.338 e. The maximum absolute atomic E-state index is 11.8. The highest BCUT2D eigenvalue weighted by molar-refractivity contribution is 9.10. The first-order valence-corrected chi connectivity index (χ1v) is 11.4. The Balaban J connectivity index is 1.36. The molecule has 0 N–H and O–H groups in total. The predicted octanol–water partition coefficient (Wildman–Crippen LogP) is 4.42. The zero-order valence-electron chi connectivity index (χ0n) is 17.6. The largest absolute Gasteiger partial charge is 0.462 e. The van der Waals surface area contributed by atoms with Crippen molar-refractivity contribution in [1.29, 1.82) is 0 Å². The fourth-order valence-electron chi connectivity index (χ4n) is 4.20. The molecule has 0 saturated carbocycles. The number of fused-ring (bicyclic) bond motifs is 1. The maximum atomic E-state index is 11.8. The number of hydrogen-bond donors (Lipinski definition) is 0. The molecule has 1 aliphatic heterocycles. The number of benzene rings is 1. The van der Waals surface area contributed by atoms with Gasteiger partial charge in [0.25, 0.3) is 0 Å². The van der Waals surface area contributed by atoms with Crippen LogP contribution in [0.3, 0.4) is 0 Å². The van der Waals surface area contributed by atoms with Gasteiger partial charge in [0.1, 0.15) is 0 Å². The Kier molecular flexibility index (Phi) is 6.54. The third kappa shape index (κ3) is 4.60. The molecule has 5 nitrogen and oxygen atoms in total. The predicted molar refractivity (Wildman–Crippen MR) is 124 cm³/mol. The van der Waals surface area contributed by atoms with Gasteiger partial charge in [-0.25, -0.2) is 4.79 Å².